The van der Waals surface area contributed by atoms with Crippen molar-refractivity contribution < 1.29 is 4.79 Å². The Morgan fingerprint density at radius 3 is 2.65 bits per heavy atom. The Morgan fingerprint density at radius 2 is 2.00 bits per heavy atom. The van der Waals surface area contributed by atoms with E-state index in [1.54, 1.807) is 36.9 Å². The number of carbonyl (C=O) groups is 1. The van der Waals surface area contributed by atoms with E-state index in [1.165, 1.54) is 0 Å². The molecule has 2 N–H and O–H groups in total. The zero-order valence-corrected chi connectivity index (χ0v) is 12.7. The average molecular weight is 307 g/mol. The van der Waals surface area contributed by atoms with Crippen LogP contribution in [0.5, 0.6) is 0 Å². The Labute approximate surface area is 134 Å². The summed E-state index contributed by atoms with van der Waals surface area (Å²) in [5, 5.41) is 9.79. The van der Waals surface area contributed by atoms with Gasteiger partial charge in [-0.1, -0.05) is 12.1 Å². The zero-order valence-electron chi connectivity index (χ0n) is 12.7. The molecule has 0 unspecified atom stereocenters. The number of benzene rings is 1. The van der Waals surface area contributed by atoms with Crippen LogP contribution in [0.1, 0.15) is 23.0 Å². The van der Waals surface area contributed by atoms with E-state index in [2.05, 4.69) is 25.5 Å². The molecule has 3 rings (SSSR count). The molecule has 0 saturated carbocycles. The standard InChI is InChI=1S/C17H17N5O/c1-12(10-15-11-18-8-9-19-15)21-17(23)14-4-2-13(3-5-14)16-6-7-20-22-16/h2-9,11-12H,10H2,1H3,(H,20,22)(H,21,23)/t12-/m1/s1. The molecule has 2 heterocycles. The van der Waals surface area contributed by atoms with Crippen molar-refractivity contribution in [3.8, 4) is 11.3 Å². The summed E-state index contributed by atoms with van der Waals surface area (Å²) < 4.78 is 0. The number of rotatable bonds is 5. The molecule has 23 heavy (non-hydrogen) atoms. The molecule has 116 valence electrons. The van der Waals surface area contributed by atoms with Gasteiger partial charge in [-0.2, -0.15) is 5.10 Å². The summed E-state index contributed by atoms with van der Waals surface area (Å²) in [6, 6.07) is 9.27. The molecule has 0 spiro atoms. The number of aromatic nitrogens is 4. The number of nitrogens with zero attached hydrogens (tertiary/aromatic N) is 3. The molecule has 0 aliphatic carbocycles. The van der Waals surface area contributed by atoms with E-state index in [0.717, 1.165) is 17.0 Å². The summed E-state index contributed by atoms with van der Waals surface area (Å²) in [5.74, 6) is -0.0995. The molecule has 0 saturated heterocycles. The van der Waals surface area contributed by atoms with E-state index in [0.29, 0.717) is 12.0 Å². The number of hydrogen-bond acceptors (Lipinski definition) is 4. The molecule has 3 aromatic rings. The molecule has 0 radical (unpaired) electrons. The Bertz CT molecular complexity index is 753. The summed E-state index contributed by atoms with van der Waals surface area (Å²) in [6.07, 6.45) is 7.34. The van der Waals surface area contributed by atoms with Gasteiger partial charge in [-0.15, -0.1) is 0 Å². The lowest BCUT2D eigenvalue weighted by atomic mass is 10.1. The SMILES string of the molecule is C[C@H](Cc1cnccn1)NC(=O)c1ccc(-c2ccn[nH]2)cc1. The molecular formula is C17H17N5O. The highest BCUT2D eigenvalue weighted by Crippen LogP contribution is 2.16. The smallest absolute Gasteiger partial charge is 0.251 e. The van der Waals surface area contributed by atoms with Crippen LogP contribution in [0.15, 0.2) is 55.1 Å². The molecule has 0 bridgehead atoms. The number of nitrogens with one attached hydrogen (secondary N) is 2. The van der Waals surface area contributed by atoms with E-state index in [4.69, 9.17) is 0 Å². The lowest BCUT2D eigenvalue weighted by Gasteiger charge is -2.13. The number of H-pyrrole nitrogens is 1. The Morgan fingerprint density at radius 1 is 1.17 bits per heavy atom. The lowest BCUT2D eigenvalue weighted by molar-refractivity contribution is 0.0940. The van der Waals surface area contributed by atoms with Crippen LogP contribution in [-0.2, 0) is 6.42 Å². The fourth-order valence-corrected chi connectivity index (χ4v) is 2.33. The Hall–Kier alpha value is -3.02. The quantitative estimate of drug-likeness (QED) is 0.757. The van der Waals surface area contributed by atoms with Gasteiger partial charge >= 0.3 is 0 Å². The highest BCUT2D eigenvalue weighted by Gasteiger charge is 2.11. The third kappa shape index (κ3) is 3.79. The van der Waals surface area contributed by atoms with Gasteiger partial charge in [-0.3, -0.25) is 19.9 Å². The van der Waals surface area contributed by atoms with Crippen molar-refractivity contribution in [2.24, 2.45) is 0 Å². The molecule has 0 fully saturated rings. The predicted molar refractivity (Wildman–Crippen MR) is 86.7 cm³/mol. The van der Waals surface area contributed by atoms with Gasteiger partial charge in [0.05, 0.1) is 11.4 Å². The summed E-state index contributed by atoms with van der Waals surface area (Å²) >= 11 is 0. The first-order valence-corrected chi connectivity index (χ1v) is 7.38. The van der Waals surface area contributed by atoms with Crippen LogP contribution in [0.4, 0.5) is 0 Å². The maximum Gasteiger partial charge on any atom is 0.251 e. The van der Waals surface area contributed by atoms with Gasteiger partial charge in [0.25, 0.3) is 5.91 Å². The van der Waals surface area contributed by atoms with Gasteiger partial charge in [-0.05, 0) is 30.7 Å². The largest absolute Gasteiger partial charge is 0.349 e. The first-order chi connectivity index (χ1) is 11.2. The second-order valence-corrected chi connectivity index (χ2v) is 5.32. The van der Waals surface area contributed by atoms with Crippen LogP contribution >= 0.6 is 0 Å². The van der Waals surface area contributed by atoms with E-state index in [1.807, 2.05) is 25.1 Å². The summed E-state index contributed by atoms with van der Waals surface area (Å²) in [6.45, 7) is 1.95. The van der Waals surface area contributed by atoms with E-state index in [9.17, 15) is 4.79 Å². The second kappa shape index (κ2) is 6.83. The zero-order chi connectivity index (χ0) is 16.1. The first-order valence-electron chi connectivity index (χ1n) is 7.38. The third-order valence-electron chi connectivity index (χ3n) is 3.47. The highest BCUT2D eigenvalue weighted by molar-refractivity contribution is 5.94. The molecule has 0 aliphatic rings. The maximum atomic E-state index is 12.3. The lowest BCUT2D eigenvalue weighted by Crippen LogP contribution is -2.34. The highest BCUT2D eigenvalue weighted by atomic mass is 16.1. The number of carbonyl (C=O) groups excluding carboxylic acids is 1. The van der Waals surface area contributed by atoms with Crippen molar-refractivity contribution in [3.05, 3.63) is 66.4 Å². The summed E-state index contributed by atoms with van der Waals surface area (Å²) in [4.78, 5) is 20.5. The fraction of sp³-hybridized carbons (Fsp3) is 0.176. The molecular weight excluding hydrogens is 290 g/mol. The number of amides is 1. The minimum Gasteiger partial charge on any atom is -0.349 e. The third-order valence-corrected chi connectivity index (χ3v) is 3.47. The fourth-order valence-electron chi connectivity index (χ4n) is 2.33. The van der Waals surface area contributed by atoms with Crippen LogP contribution in [0.2, 0.25) is 0 Å². The van der Waals surface area contributed by atoms with Crippen molar-refractivity contribution in [3.63, 3.8) is 0 Å². The van der Waals surface area contributed by atoms with Crippen molar-refractivity contribution in [2.45, 2.75) is 19.4 Å². The first kappa shape index (κ1) is 14.9. The number of hydrogen-bond donors (Lipinski definition) is 2. The monoisotopic (exact) mass is 307 g/mol. The second-order valence-electron chi connectivity index (χ2n) is 5.32. The van der Waals surface area contributed by atoms with Gasteiger partial charge in [0.1, 0.15) is 0 Å². The van der Waals surface area contributed by atoms with Crippen LogP contribution < -0.4 is 5.32 Å². The van der Waals surface area contributed by atoms with Crippen LogP contribution in [0, 0.1) is 0 Å². The van der Waals surface area contributed by atoms with Crippen LogP contribution in [-0.4, -0.2) is 32.1 Å². The topological polar surface area (TPSA) is 83.6 Å². The molecule has 6 heteroatoms. The van der Waals surface area contributed by atoms with Gasteiger partial charge in [0.2, 0.25) is 0 Å². The predicted octanol–water partition coefficient (Wildman–Crippen LogP) is 2.23. The van der Waals surface area contributed by atoms with Gasteiger partial charge < -0.3 is 5.32 Å². The Kier molecular flexibility index (Phi) is 4.42. The molecule has 2 aromatic heterocycles. The van der Waals surface area contributed by atoms with Gasteiger partial charge in [0.15, 0.2) is 0 Å². The van der Waals surface area contributed by atoms with Crippen molar-refractivity contribution in [1.29, 1.82) is 0 Å². The molecule has 6 nitrogen and oxygen atoms in total. The van der Waals surface area contributed by atoms with E-state index in [-0.39, 0.29) is 11.9 Å². The Balaban J connectivity index is 1.61. The molecule has 0 aliphatic heterocycles. The average Bonchev–Trinajstić information content (AvgIpc) is 3.10. The van der Waals surface area contributed by atoms with E-state index < -0.39 is 0 Å². The molecule has 1 aromatic carbocycles. The van der Waals surface area contributed by atoms with Crippen LogP contribution in [0.25, 0.3) is 11.3 Å². The minimum absolute atomic E-state index is 0.0218. The molecule has 1 amide bonds. The van der Waals surface area contributed by atoms with Crippen molar-refractivity contribution in [2.75, 3.05) is 0 Å². The normalized spacial score (nSPS) is 11.9. The van der Waals surface area contributed by atoms with Crippen molar-refractivity contribution >= 4 is 5.91 Å². The van der Waals surface area contributed by atoms with Crippen LogP contribution in [0.3, 0.4) is 0 Å². The summed E-state index contributed by atoms with van der Waals surface area (Å²) in [7, 11) is 0. The summed E-state index contributed by atoms with van der Waals surface area (Å²) in [5.41, 5.74) is 3.40. The van der Waals surface area contributed by atoms with Gasteiger partial charge in [0, 0.05) is 42.8 Å². The van der Waals surface area contributed by atoms with E-state index >= 15 is 0 Å². The van der Waals surface area contributed by atoms with Gasteiger partial charge in [-0.25, -0.2) is 0 Å². The molecule has 1 atom stereocenters. The van der Waals surface area contributed by atoms with Crippen molar-refractivity contribution in [1.82, 2.24) is 25.5 Å². The number of aromatic amines is 1. The maximum absolute atomic E-state index is 12.3. The minimum atomic E-state index is -0.0995.